The predicted molar refractivity (Wildman–Crippen MR) is 82.1 cm³/mol. The summed E-state index contributed by atoms with van der Waals surface area (Å²) in [5, 5.41) is 3.22. The van der Waals surface area contributed by atoms with E-state index >= 15 is 0 Å². The van der Waals surface area contributed by atoms with E-state index in [1.54, 1.807) is 4.90 Å². The Morgan fingerprint density at radius 1 is 1.32 bits per heavy atom. The van der Waals surface area contributed by atoms with Crippen LogP contribution in [0.2, 0.25) is 0 Å². The Balaban J connectivity index is 0.00000180. The SMILES string of the molecule is Cc1ccc(N(C)C(=O)C(C)C2CNC2)cc1C.Cl. The first-order chi connectivity index (χ1) is 8.50. The third-order valence-electron chi connectivity index (χ3n) is 4.12. The quantitative estimate of drug-likeness (QED) is 0.924. The Morgan fingerprint density at radius 3 is 2.42 bits per heavy atom. The van der Waals surface area contributed by atoms with Crippen LogP contribution in [0.4, 0.5) is 5.69 Å². The summed E-state index contributed by atoms with van der Waals surface area (Å²) in [5.41, 5.74) is 3.48. The molecule has 1 aliphatic heterocycles. The smallest absolute Gasteiger partial charge is 0.229 e. The maximum Gasteiger partial charge on any atom is 0.229 e. The zero-order valence-corrected chi connectivity index (χ0v) is 12.9. The van der Waals surface area contributed by atoms with Crippen molar-refractivity contribution in [2.45, 2.75) is 20.8 Å². The summed E-state index contributed by atoms with van der Waals surface area (Å²) in [5.74, 6) is 0.800. The van der Waals surface area contributed by atoms with E-state index in [0.717, 1.165) is 18.8 Å². The second-order valence-corrected chi connectivity index (χ2v) is 5.37. The van der Waals surface area contributed by atoms with Gasteiger partial charge in [-0.1, -0.05) is 13.0 Å². The monoisotopic (exact) mass is 282 g/mol. The second-order valence-electron chi connectivity index (χ2n) is 5.37. The summed E-state index contributed by atoms with van der Waals surface area (Å²) in [7, 11) is 1.87. The van der Waals surface area contributed by atoms with Crippen molar-refractivity contribution in [1.29, 1.82) is 0 Å². The largest absolute Gasteiger partial charge is 0.316 e. The van der Waals surface area contributed by atoms with E-state index in [1.807, 2.05) is 20.0 Å². The maximum absolute atomic E-state index is 12.4. The van der Waals surface area contributed by atoms with Gasteiger partial charge in [0.15, 0.2) is 0 Å². The minimum atomic E-state index is 0. The van der Waals surface area contributed by atoms with Gasteiger partial charge >= 0.3 is 0 Å². The summed E-state index contributed by atoms with van der Waals surface area (Å²) >= 11 is 0. The lowest BCUT2D eigenvalue weighted by Crippen LogP contribution is -2.50. The number of amides is 1. The number of hydrogen-bond donors (Lipinski definition) is 1. The predicted octanol–water partition coefficient (Wildman–Crippen LogP) is 2.54. The van der Waals surface area contributed by atoms with Crippen LogP contribution in [0.3, 0.4) is 0 Å². The minimum absolute atomic E-state index is 0. The van der Waals surface area contributed by atoms with E-state index in [0.29, 0.717) is 5.92 Å². The summed E-state index contributed by atoms with van der Waals surface area (Å²) in [6, 6.07) is 6.18. The minimum Gasteiger partial charge on any atom is -0.316 e. The number of aryl methyl sites for hydroxylation is 2. The molecule has 0 radical (unpaired) electrons. The number of benzene rings is 1. The van der Waals surface area contributed by atoms with Crippen LogP contribution >= 0.6 is 12.4 Å². The number of carbonyl (C=O) groups is 1. The molecule has 3 nitrogen and oxygen atoms in total. The molecule has 1 aromatic carbocycles. The molecule has 2 rings (SSSR count). The molecule has 1 amide bonds. The fourth-order valence-electron chi connectivity index (χ4n) is 2.23. The lowest BCUT2D eigenvalue weighted by molar-refractivity contribution is -0.123. The Kier molecular flexibility index (Phi) is 5.39. The third-order valence-corrected chi connectivity index (χ3v) is 4.12. The zero-order valence-electron chi connectivity index (χ0n) is 12.1. The summed E-state index contributed by atoms with van der Waals surface area (Å²) in [6.07, 6.45) is 0. The molecule has 19 heavy (non-hydrogen) atoms. The summed E-state index contributed by atoms with van der Waals surface area (Å²) in [4.78, 5) is 14.2. The average Bonchev–Trinajstić information content (AvgIpc) is 2.28. The first kappa shape index (κ1) is 16.0. The number of rotatable bonds is 3. The van der Waals surface area contributed by atoms with Gasteiger partial charge < -0.3 is 10.2 Å². The molecule has 1 saturated heterocycles. The van der Waals surface area contributed by atoms with Crippen LogP contribution in [-0.2, 0) is 4.79 Å². The molecule has 0 aliphatic carbocycles. The molecule has 1 aliphatic rings. The van der Waals surface area contributed by atoms with Gasteiger partial charge in [0, 0.05) is 18.7 Å². The van der Waals surface area contributed by atoms with Gasteiger partial charge in [0.2, 0.25) is 5.91 Å². The molecule has 106 valence electrons. The lowest BCUT2D eigenvalue weighted by Gasteiger charge is -2.34. The van der Waals surface area contributed by atoms with Crippen LogP contribution in [0.15, 0.2) is 18.2 Å². The first-order valence-corrected chi connectivity index (χ1v) is 6.56. The fraction of sp³-hybridized carbons (Fsp3) is 0.533. The van der Waals surface area contributed by atoms with Crippen LogP contribution in [-0.4, -0.2) is 26.0 Å². The van der Waals surface area contributed by atoms with Gasteiger partial charge in [0.25, 0.3) is 0 Å². The van der Waals surface area contributed by atoms with Gasteiger partial charge in [-0.2, -0.15) is 0 Å². The number of nitrogens with one attached hydrogen (secondary N) is 1. The van der Waals surface area contributed by atoms with Gasteiger partial charge in [-0.15, -0.1) is 12.4 Å². The van der Waals surface area contributed by atoms with Crippen molar-refractivity contribution < 1.29 is 4.79 Å². The van der Waals surface area contributed by atoms with Gasteiger partial charge in [-0.3, -0.25) is 4.79 Å². The van der Waals surface area contributed by atoms with Crippen molar-refractivity contribution >= 4 is 24.0 Å². The topological polar surface area (TPSA) is 32.3 Å². The highest BCUT2D eigenvalue weighted by atomic mass is 35.5. The Morgan fingerprint density at radius 2 is 1.95 bits per heavy atom. The van der Waals surface area contributed by atoms with Crippen LogP contribution in [0.1, 0.15) is 18.1 Å². The normalized spacial score (nSPS) is 16.2. The van der Waals surface area contributed by atoms with Crippen molar-refractivity contribution in [1.82, 2.24) is 5.32 Å². The van der Waals surface area contributed by atoms with Crippen LogP contribution in [0.5, 0.6) is 0 Å². The molecule has 1 unspecified atom stereocenters. The van der Waals surface area contributed by atoms with Crippen LogP contribution in [0, 0.1) is 25.7 Å². The van der Waals surface area contributed by atoms with E-state index in [9.17, 15) is 4.79 Å². The molecular formula is C15H23ClN2O. The van der Waals surface area contributed by atoms with Gasteiger partial charge in [0.1, 0.15) is 0 Å². The van der Waals surface area contributed by atoms with E-state index in [1.165, 1.54) is 11.1 Å². The number of halogens is 1. The molecule has 1 atom stereocenters. The van der Waals surface area contributed by atoms with Crippen molar-refractivity contribution in [2.75, 3.05) is 25.0 Å². The zero-order chi connectivity index (χ0) is 13.3. The van der Waals surface area contributed by atoms with Crippen LogP contribution in [0.25, 0.3) is 0 Å². The number of hydrogen-bond acceptors (Lipinski definition) is 2. The third kappa shape index (κ3) is 3.28. The Bertz CT molecular complexity index is 457. The highest BCUT2D eigenvalue weighted by molar-refractivity contribution is 5.94. The number of anilines is 1. The van der Waals surface area contributed by atoms with Crippen molar-refractivity contribution in [3.63, 3.8) is 0 Å². The molecule has 1 aromatic rings. The average molecular weight is 283 g/mol. The van der Waals surface area contributed by atoms with Crippen LogP contribution < -0.4 is 10.2 Å². The summed E-state index contributed by atoms with van der Waals surface area (Å²) < 4.78 is 0. The fourth-order valence-corrected chi connectivity index (χ4v) is 2.23. The maximum atomic E-state index is 12.4. The molecule has 1 fully saturated rings. The van der Waals surface area contributed by atoms with Crippen molar-refractivity contribution in [3.05, 3.63) is 29.3 Å². The van der Waals surface area contributed by atoms with E-state index < -0.39 is 0 Å². The van der Waals surface area contributed by atoms with Crippen molar-refractivity contribution in [2.24, 2.45) is 11.8 Å². The highest BCUT2D eigenvalue weighted by Gasteiger charge is 2.30. The highest BCUT2D eigenvalue weighted by Crippen LogP contribution is 2.23. The molecule has 1 heterocycles. The molecule has 1 N–H and O–H groups in total. The second kappa shape index (κ2) is 6.40. The molecule has 0 saturated carbocycles. The Hall–Kier alpha value is -1.06. The number of nitrogens with zero attached hydrogens (tertiary/aromatic N) is 1. The Labute approximate surface area is 121 Å². The van der Waals surface area contributed by atoms with E-state index in [4.69, 9.17) is 0 Å². The first-order valence-electron chi connectivity index (χ1n) is 6.56. The lowest BCUT2D eigenvalue weighted by atomic mass is 9.88. The van der Waals surface area contributed by atoms with Crippen molar-refractivity contribution in [3.8, 4) is 0 Å². The van der Waals surface area contributed by atoms with Gasteiger partial charge in [-0.25, -0.2) is 0 Å². The number of carbonyl (C=O) groups excluding carboxylic acids is 1. The summed E-state index contributed by atoms with van der Waals surface area (Å²) in [6.45, 7) is 8.13. The van der Waals surface area contributed by atoms with Gasteiger partial charge in [-0.05, 0) is 56.1 Å². The standard InChI is InChI=1S/C15H22N2O.ClH/c1-10-5-6-14(7-11(10)2)17(4)15(18)12(3)13-8-16-9-13;/h5-7,12-13,16H,8-9H2,1-4H3;1H. The molecule has 0 aromatic heterocycles. The van der Waals surface area contributed by atoms with E-state index in [2.05, 4.69) is 31.3 Å². The molecular weight excluding hydrogens is 260 g/mol. The van der Waals surface area contributed by atoms with E-state index in [-0.39, 0.29) is 24.2 Å². The molecule has 4 heteroatoms. The molecule has 0 spiro atoms. The molecule has 0 bridgehead atoms. The van der Waals surface area contributed by atoms with Gasteiger partial charge in [0.05, 0.1) is 0 Å².